The molecule has 1 saturated heterocycles. The van der Waals surface area contributed by atoms with E-state index < -0.39 is 7.12 Å². The summed E-state index contributed by atoms with van der Waals surface area (Å²) in [5.41, 5.74) is 0.128. The van der Waals surface area contributed by atoms with Gasteiger partial charge in [-0.25, -0.2) is 4.98 Å². The topological polar surface area (TPSA) is 43.4 Å². The van der Waals surface area contributed by atoms with Crippen molar-refractivity contribution in [3.8, 4) is 0 Å². The molecule has 1 aliphatic rings. The van der Waals surface area contributed by atoms with E-state index >= 15 is 0 Å². The highest BCUT2D eigenvalue weighted by atomic mass is 35.5. The fourth-order valence-electron chi connectivity index (χ4n) is 1.93. The van der Waals surface area contributed by atoms with E-state index in [0.29, 0.717) is 10.8 Å². The summed E-state index contributed by atoms with van der Waals surface area (Å²) in [6, 6.07) is 1.86. The van der Waals surface area contributed by atoms with E-state index in [4.69, 9.17) is 20.9 Å². The summed E-state index contributed by atoms with van der Waals surface area (Å²) in [6.07, 6.45) is 2.78. The molecule has 0 aliphatic carbocycles. The summed E-state index contributed by atoms with van der Waals surface area (Å²) in [7, 11) is -0.426. The molecule has 0 spiro atoms. The van der Waals surface area contributed by atoms with Gasteiger partial charge in [0.1, 0.15) is 5.82 Å². The molecule has 0 atom stereocenters. The van der Waals surface area contributed by atoms with Gasteiger partial charge < -0.3 is 14.6 Å². The number of hydrogen-bond acceptors (Lipinski definition) is 4. The van der Waals surface area contributed by atoms with E-state index in [2.05, 4.69) is 17.2 Å². The van der Waals surface area contributed by atoms with E-state index in [-0.39, 0.29) is 11.2 Å². The SMILES string of the molecule is CCCNc1ncc(B2OC(C)(C)C(C)(C)O2)cc1Cl. The summed E-state index contributed by atoms with van der Waals surface area (Å²) in [5, 5.41) is 3.78. The standard InChI is InChI=1S/C14H22BClN2O2/c1-6-7-17-12-11(16)8-10(9-18-12)15-19-13(2,3)14(4,5)20-15/h8-9H,6-7H2,1-5H3,(H,17,18). The quantitative estimate of drug-likeness (QED) is 0.868. The summed E-state index contributed by atoms with van der Waals surface area (Å²) >= 11 is 6.25. The van der Waals surface area contributed by atoms with Gasteiger partial charge in [-0.1, -0.05) is 18.5 Å². The molecule has 0 radical (unpaired) electrons. The van der Waals surface area contributed by atoms with Crippen LogP contribution in [0.5, 0.6) is 0 Å². The number of rotatable bonds is 4. The first-order chi connectivity index (χ1) is 9.27. The zero-order valence-electron chi connectivity index (χ0n) is 12.8. The molecule has 0 saturated carbocycles. The fraction of sp³-hybridized carbons (Fsp3) is 0.643. The zero-order valence-corrected chi connectivity index (χ0v) is 13.5. The predicted molar refractivity (Wildman–Crippen MR) is 83.7 cm³/mol. The molecule has 1 aromatic heterocycles. The second kappa shape index (κ2) is 5.55. The number of anilines is 1. The lowest BCUT2D eigenvalue weighted by Crippen LogP contribution is -2.41. The first-order valence-electron chi connectivity index (χ1n) is 7.02. The molecule has 110 valence electrons. The maximum Gasteiger partial charge on any atom is 0.496 e. The predicted octanol–water partition coefficient (Wildman–Crippen LogP) is 2.86. The number of nitrogens with one attached hydrogen (secondary N) is 1. The van der Waals surface area contributed by atoms with Crippen molar-refractivity contribution >= 4 is 30.0 Å². The van der Waals surface area contributed by atoms with Crippen molar-refractivity contribution < 1.29 is 9.31 Å². The van der Waals surface area contributed by atoms with Crippen molar-refractivity contribution in [3.63, 3.8) is 0 Å². The van der Waals surface area contributed by atoms with Crippen LogP contribution in [0.3, 0.4) is 0 Å². The summed E-state index contributed by atoms with van der Waals surface area (Å²) in [5.74, 6) is 0.703. The molecule has 0 bridgehead atoms. The lowest BCUT2D eigenvalue weighted by Gasteiger charge is -2.32. The lowest BCUT2D eigenvalue weighted by molar-refractivity contribution is 0.00578. The highest BCUT2D eigenvalue weighted by molar-refractivity contribution is 6.62. The van der Waals surface area contributed by atoms with Crippen LogP contribution in [0.15, 0.2) is 12.3 Å². The van der Waals surface area contributed by atoms with Gasteiger partial charge >= 0.3 is 7.12 Å². The Morgan fingerprint density at radius 2 is 1.85 bits per heavy atom. The van der Waals surface area contributed by atoms with Crippen LogP contribution in [-0.2, 0) is 9.31 Å². The third kappa shape index (κ3) is 2.95. The van der Waals surface area contributed by atoms with Crippen LogP contribution in [0, 0.1) is 0 Å². The van der Waals surface area contributed by atoms with Gasteiger partial charge in [0.05, 0.1) is 16.2 Å². The lowest BCUT2D eigenvalue weighted by atomic mass is 9.80. The number of halogens is 1. The van der Waals surface area contributed by atoms with Crippen LogP contribution >= 0.6 is 11.6 Å². The number of aromatic nitrogens is 1. The number of pyridine rings is 1. The molecule has 2 rings (SSSR count). The minimum atomic E-state index is -0.426. The van der Waals surface area contributed by atoms with E-state index in [1.165, 1.54) is 0 Å². The Kier molecular flexibility index (Phi) is 4.33. The van der Waals surface area contributed by atoms with Gasteiger partial charge in [0.25, 0.3) is 0 Å². The van der Waals surface area contributed by atoms with Crippen molar-refractivity contribution in [3.05, 3.63) is 17.3 Å². The van der Waals surface area contributed by atoms with Crippen molar-refractivity contribution in [2.24, 2.45) is 0 Å². The maximum atomic E-state index is 6.25. The molecular formula is C14H22BClN2O2. The number of hydrogen-bond donors (Lipinski definition) is 1. The molecule has 0 amide bonds. The monoisotopic (exact) mass is 296 g/mol. The van der Waals surface area contributed by atoms with Crippen LogP contribution in [0.25, 0.3) is 0 Å². The third-order valence-corrected chi connectivity index (χ3v) is 4.22. The summed E-state index contributed by atoms with van der Waals surface area (Å²) < 4.78 is 12.0. The van der Waals surface area contributed by atoms with Gasteiger partial charge in [0.2, 0.25) is 0 Å². The first kappa shape index (κ1) is 15.6. The Labute approximate surface area is 126 Å². The molecule has 0 unspecified atom stereocenters. The van der Waals surface area contributed by atoms with Crippen molar-refractivity contribution in [2.45, 2.75) is 52.2 Å². The highest BCUT2D eigenvalue weighted by Gasteiger charge is 2.51. The van der Waals surface area contributed by atoms with Gasteiger partial charge in [-0.3, -0.25) is 0 Å². The van der Waals surface area contributed by atoms with E-state index in [1.54, 1.807) is 6.20 Å². The molecule has 1 aromatic rings. The second-order valence-electron chi connectivity index (χ2n) is 6.11. The fourth-order valence-corrected chi connectivity index (χ4v) is 2.18. The Balaban J connectivity index is 2.17. The Morgan fingerprint density at radius 3 is 2.35 bits per heavy atom. The molecule has 20 heavy (non-hydrogen) atoms. The summed E-state index contributed by atoms with van der Waals surface area (Å²) in [6.45, 7) is 11.1. The van der Waals surface area contributed by atoms with Gasteiger partial charge in [0.15, 0.2) is 0 Å². The normalized spacial score (nSPS) is 20.2. The minimum Gasteiger partial charge on any atom is -0.399 e. The first-order valence-corrected chi connectivity index (χ1v) is 7.39. The zero-order chi connectivity index (χ0) is 15.0. The smallest absolute Gasteiger partial charge is 0.399 e. The Bertz CT molecular complexity index is 478. The van der Waals surface area contributed by atoms with Gasteiger partial charge in [-0.2, -0.15) is 0 Å². The molecule has 1 aliphatic heterocycles. The van der Waals surface area contributed by atoms with Crippen LogP contribution in [0.1, 0.15) is 41.0 Å². The summed E-state index contributed by atoms with van der Waals surface area (Å²) in [4.78, 5) is 4.35. The molecule has 6 heteroatoms. The van der Waals surface area contributed by atoms with Gasteiger partial charge in [0, 0.05) is 18.2 Å². The molecule has 1 fully saturated rings. The molecule has 1 N–H and O–H groups in total. The molecule has 2 heterocycles. The van der Waals surface area contributed by atoms with Crippen molar-refractivity contribution in [1.82, 2.24) is 4.98 Å². The Morgan fingerprint density at radius 1 is 1.25 bits per heavy atom. The highest BCUT2D eigenvalue weighted by Crippen LogP contribution is 2.36. The van der Waals surface area contributed by atoms with Crippen LogP contribution in [0.4, 0.5) is 5.82 Å². The van der Waals surface area contributed by atoms with Crippen LogP contribution < -0.4 is 10.8 Å². The number of nitrogens with zero attached hydrogens (tertiary/aromatic N) is 1. The maximum absolute atomic E-state index is 6.25. The van der Waals surface area contributed by atoms with Crippen molar-refractivity contribution in [1.29, 1.82) is 0 Å². The van der Waals surface area contributed by atoms with E-state index in [9.17, 15) is 0 Å². The molecule has 0 aromatic carbocycles. The average molecular weight is 297 g/mol. The molecular weight excluding hydrogens is 274 g/mol. The van der Waals surface area contributed by atoms with Crippen molar-refractivity contribution in [2.75, 3.05) is 11.9 Å². The molecule has 4 nitrogen and oxygen atoms in total. The van der Waals surface area contributed by atoms with E-state index in [0.717, 1.165) is 18.4 Å². The third-order valence-electron chi connectivity index (χ3n) is 3.93. The van der Waals surface area contributed by atoms with Gasteiger partial charge in [-0.05, 0) is 40.2 Å². The minimum absolute atomic E-state index is 0.358. The van der Waals surface area contributed by atoms with Gasteiger partial charge in [-0.15, -0.1) is 0 Å². The van der Waals surface area contributed by atoms with E-state index in [1.807, 2.05) is 33.8 Å². The average Bonchev–Trinajstić information content (AvgIpc) is 2.57. The van der Waals surface area contributed by atoms with Crippen LogP contribution in [-0.4, -0.2) is 29.8 Å². The Hall–Kier alpha value is -0.775. The van der Waals surface area contributed by atoms with Crippen LogP contribution in [0.2, 0.25) is 5.02 Å². The second-order valence-corrected chi connectivity index (χ2v) is 6.52. The largest absolute Gasteiger partial charge is 0.496 e.